The maximum Gasteiger partial charge on any atom is 0.250 e. The number of anilines is 2. The molecule has 0 aliphatic carbocycles. The van der Waals surface area contributed by atoms with Crippen molar-refractivity contribution >= 4 is 44.8 Å². The van der Waals surface area contributed by atoms with Gasteiger partial charge in [0.15, 0.2) is 0 Å². The number of halogens is 1. The molecule has 150 valence electrons. The fraction of sp³-hybridized carbons (Fsp3) is 0.263. The van der Waals surface area contributed by atoms with E-state index in [1.165, 1.54) is 18.2 Å². The number of carbonyl (C=O) groups is 2. The van der Waals surface area contributed by atoms with E-state index < -0.39 is 27.9 Å². The minimum atomic E-state index is -3.81. The van der Waals surface area contributed by atoms with E-state index in [1.807, 2.05) is 0 Å². The van der Waals surface area contributed by atoms with Crippen LogP contribution in [0, 0.1) is 6.92 Å². The molecule has 2 amide bonds. The summed E-state index contributed by atoms with van der Waals surface area (Å²) in [6.07, 6.45) is 1.23. The zero-order chi connectivity index (χ0) is 21.1. The van der Waals surface area contributed by atoms with E-state index in [0.717, 1.165) is 10.6 Å². The van der Waals surface area contributed by atoms with Crippen LogP contribution in [0.4, 0.5) is 11.4 Å². The molecule has 0 radical (unpaired) electrons. The van der Waals surface area contributed by atoms with Crippen LogP contribution in [0.15, 0.2) is 42.5 Å². The van der Waals surface area contributed by atoms with Gasteiger partial charge < -0.3 is 11.1 Å². The molecule has 0 bridgehead atoms. The van der Waals surface area contributed by atoms with E-state index in [0.29, 0.717) is 16.3 Å². The van der Waals surface area contributed by atoms with Crippen molar-refractivity contribution in [3.05, 3.63) is 58.6 Å². The van der Waals surface area contributed by atoms with Crippen LogP contribution in [0.1, 0.15) is 29.3 Å². The number of nitrogens with one attached hydrogen (secondary N) is 1. The van der Waals surface area contributed by atoms with Crippen molar-refractivity contribution in [2.24, 2.45) is 5.73 Å². The van der Waals surface area contributed by atoms with Crippen LogP contribution in [0.25, 0.3) is 0 Å². The molecule has 2 aromatic rings. The summed E-state index contributed by atoms with van der Waals surface area (Å²) >= 11 is 6.05. The Labute approximate surface area is 169 Å². The monoisotopic (exact) mass is 423 g/mol. The Morgan fingerprint density at radius 3 is 2.43 bits per heavy atom. The van der Waals surface area contributed by atoms with Crippen molar-refractivity contribution < 1.29 is 18.0 Å². The lowest BCUT2D eigenvalue weighted by Crippen LogP contribution is -2.47. The SMILES string of the molecule is CCC(C(=O)Nc1ccccc1C(N)=O)N(c1cc(Cl)ccc1C)S(C)(=O)=O. The fourth-order valence-electron chi connectivity index (χ4n) is 2.88. The van der Waals surface area contributed by atoms with Gasteiger partial charge >= 0.3 is 0 Å². The summed E-state index contributed by atoms with van der Waals surface area (Å²) in [4.78, 5) is 24.6. The molecule has 2 rings (SSSR count). The van der Waals surface area contributed by atoms with Crippen LogP contribution in [-0.2, 0) is 14.8 Å². The minimum Gasteiger partial charge on any atom is -0.366 e. The van der Waals surface area contributed by atoms with Crippen LogP contribution in [0.3, 0.4) is 0 Å². The first-order valence-electron chi connectivity index (χ1n) is 8.51. The third-order valence-corrected chi connectivity index (χ3v) is 5.59. The largest absolute Gasteiger partial charge is 0.366 e. The van der Waals surface area contributed by atoms with Gasteiger partial charge in [-0.05, 0) is 43.2 Å². The number of sulfonamides is 1. The van der Waals surface area contributed by atoms with Crippen LogP contribution in [0.5, 0.6) is 0 Å². The molecule has 0 aromatic heterocycles. The standard InChI is InChI=1S/C19H22ClN3O4S/c1-4-16(19(25)22-15-8-6-5-7-14(15)18(21)24)23(28(3,26)27)17-11-13(20)10-9-12(17)2/h5-11,16H,4H2,1-3H3,(H2,21,24)(H,22,25). The van der Waals surface area contributed by atoms with Crippen molar-refractivity contribution in [1.29, 1.82) is 0 Å². The van der Waals surface area contributed by atoms with Crippen LogP contribution in [0.2, 0.25) is 5.02 Å². The number of para-hydroxylation sites is 1. The molecule has 0 heterocycles. The van der Waals surface area contributed by atoms with Gasteiger partial charge in [-0.25, -0.2) is 8.42 Å². The van der Waals surface area contributed by atoms with Gasteiger partial charge in [-0.2, -0.15) is 0 Å². The number of hydrogen-bond acceptors (Lipinski definition) is 4. The topological polar surface area (TPSA) is 110 Å². The molecule has 0 fully saturated rings. The van der Waals surface area contributed by atoms with Crippen LogP contribution < -0.4 is 15.4 Å². The summed E-state index contributed by atoms with van der Waals surface area (Å²) in [5, 5.41) is 2.97. The van der Waals surface area contributed by atoms with Crippen molar-refractivity contribution in [3.8, 4) is 0 Å². The van der Waals surface area contributed by atoms with Crippen molar-refractivity contribution in [3.63, 3.8) is 0 Å². The van der Waals surface area contributed by atoms with Crippen molar-refractivity contribution in [2.75, 3.05) is 15.9 Å². The lowest BCUT2D eigenvalue weighted by Gasteiger charge is -2.31. The second kappa shape index (κ2) is 8.62. The molecule has 0 saturated carbocycles. The first kappa shape index (κ1) is 21.7. The van der Waals surface area contributed by atoms with E-state index in [2.05, 4.69) is 5.32 Å². The zero-order valence-electron chi connectivity index (χ0n) is 15.8. The molecule has 9 heteroatoms. The third-order valence-electron chi connectivity index (χ3n) is 4.19. The van der Waals surface area contributed by atoms with Gasteiger partial charge in [0.25, 0.3) is 5.91 Å². The predicted octanol–water partition coefficient (Wildman–Crippen LogP) is 2.93. The first-order chi connectivity index (χ1) is 13.1. The Kier molecular flexibility index (Phi) is 6.69. The van der Waals surface area contributed by atoms with E-state index in [4.69, 9.17) is 17.3 Å². The Hall–Kier alpha value is -2.58. The maximum atomic E-state index is 13.0. The highest BCUT2D eigenvalue weighted by Crippen LogP contribution is 2.29. The number of hydrogen-bond donors (Lipinski definition) is 2. The smallest absolute Gasteiger partial charge is 0.250 e. The van der Waals surface area contributed by atoms with E-state index >= 15 is 0 Å². The zero-order valence-corrected chi connectivity index (χ0v) is 17.3. The highest BCUT2D eigenvalue weighted by molar-refractivity contribution is 7.92. The molecular weight excluding hydrogens is 402 g/mol. The number of benzene rings is 2. The lowest BCUT2D eigenvalue weighted by molar-refractivity contribution is -0.117. The summed E-state index contributed by atoms with van der Waals surface area (Å²) in [5.41, 5.74) is 6.67. The second-order valence-electron chi connectivity index (χ2n) is 6.31. The summed E-state index contributed by atoms with van der Waals surface area (Å²) in [6.45, 7) is 3.43. The first-order valence-corrected chi connectivity index (χ1v) is 10.7. The second-order valence-corrected chi connectivity index (χ2v) is 8.61. The highest BCUT2D eigenvalue weighted by atomic mass is 35.5. The fourth-order valence-corrected chi connectivity index (χ4v) is 4.31. The summed E-state index contributed by atoms with van der Waals surface area (Å²) in [6, 6.07) is 10.0. The molecule has 0 saturated heterocycles. The van der Waals surface area contributed by atoms with Gasteiger partial charge in [0.1, 0.15) is 6.04 Å². The molecule has 28 heavy (non-hydrogen) atoms. The van der Waals surface area contributed by atoms with Crippen molar-refractivity contribution in [2.45, 2.75) is 26.3 Å². The van der Waals surface area contributed by atoms with Gasteiger partial charge in [0, 0.05) is 5.02 Å². The summed E-state index contributed by atoms with van der Waals surface area (Å²) in [7, 11) is -3.81. The number of nitrogens with two attached hydrogens (primary N) is 1. The molecule has 2 aromatic carbocycles. The summed E-state index contributed by atoms with van der Waals surface area (Å²) in [5.74, 6) is -1.28. The molecule has 0 spiro atoms. The van der Waals surface area contributed by atoms with Crippen LogP contribution >= 0.6 is 11.6 Å². The van der Waals surface area contributed by atoms with Gasteiger partial charge in [-0.15, -0.1) is 0 Å². The normalized spacial score (nSPS) is 12.3. The quantitative estimate of drug-likeness (QED) is 0.713. The van der Waals surface area contributed by atoms with Gasteiger partial charge in [-0.3, -0.25) is 13.9 Å². The van der Waals surface area contributed by atoms with Crippen molar-refractivity contribution in [1.82, 2.24) is 0 Å². The number of aryl methyl sites for hydroxylation is 1. The molecular formula is C19H22ClN3O4S. The Morgan fingerprint density at radius 2 is 1.86 bits per heavy atom. The lowest BCUT2D eigenvalue weighted by atomic mass is 10.1. The number of rotatable bonds is 7. The number of nitrogens with zero attached hydrogens (tertiary/aromatic N) is 1. The van der Waals surface area contributed by atoms with Gasteiger partial charge in [0.2, 0.25) is 15.9 Å². The average Bonchev–Trinajstić information content (AvgIpc) is 2.61. The number of amides is 2. The summed E-state index contributed by atoms with van der Waals surface area (Å²) < 4.78 is 26.2. The number of carbonyl (C=O) groups excluding carboxylic acids is 2. The maximum absolute atomic E-state index is 13.0. The third kappa shape index (κ3) is 4.82. The Balaban J connectivity index is 2.49. The molecule has 1 atom stereocenters. The predicted molar refractivity (Wildman–Crippen MR) is 111 cm³/mol. The molecule has 7 nitrogen and oxygen atoms in total. The Bertz CT molecular complexity index is 1010. The molecule has 3 N–H and O–H groups in total. The van der Waals surface area contributed by atoms with Gasteiger partial charge in [0.05, 0.1) is 23.2 Å². The number of primary amides is 1. The minimum absolute atomic E-state index is 0.135. The average molecular weight is 424 g/mol. The van der Waals surface area contributed by atoms with Crippen LogP contribution in [-0.4, -0.2) is 32.5 Å². The van der Waals surface area contributed by atoms with E-state index in [9.17, 15) is 18.0 Å². The molecule has 0 aliphatic rings. The van der Waals surface area contributed by atoms with Gasteiger partial charge in [-0.1, -0.05) is 36.7 Å². The molecule has 1 unspecified atom stereocenters. The Morgan fingerprint density at radius 1 is 1.21 bits per heavy atom. The molecule has 0 aliphatic heterocycles. The van der Waals surface area contributed by atoms with E-state index in [-0.39, 0.29) is 17.7 Å². The highest BCUT2D eigenvalue weighted by Gasteiger charge is 2.33. The van der Waals surface area contributed by atoms with E-state index in [1.54, 1.807) is 38.1 Å².